The smallest absolute Gasteiger partial charge is 0.332 e. The molecule has 194 valence electrons. The largest absolute Gasteiger partial charge is 0.497 e. The molecule has 1 unspecified atom stereocenters. The van der Waals surface area contributed by atoms with Crippen molar-refractivity contribution in [2.24, 2.45) is 0 Å². The van der Waals surface area contributed by atoms with Crippen LogP contribution in [0.4, 0.5) is 0 Å². The maximum absolute atomic E-state index is 11.9. The van der Waals surface area contributed by atoms with E-state index in [-0.39, 0.29) is 12.7 Å². The van der Waals surface area contributed by atoms with Gasteiger partial charge in [0.2, 0.25) is 11.6 Å². The monoisotopic (exact) mass is 504 g/mol. The molecule has 4 aromatic rings. The van der Waals surface area contributed by atoms with E-state index in [0.29, 0.717) is 35.8 Å². The second-order valence-electron chi connectivity index (χ2n) is 9.60. The van der Waals surface area contributed by atoms with Crippen LogP contribution >= 0.6 is 0 Å². The number of ether oxygens (including phenoxy) is 4. The highest BCUT2D eigenvalue weighted by molar-refractivity contribution is 6.03. The molecule has 2 aromatic heterocycles. The van der Waals surface area contributed by atoms with Gasteiger partial charge in [0.15, 0.2) is 0 Å². The summed E-state index contributed by atoms with van der Waals surface area (Å²) >= 11 is 0. The van der Waals surface area contributed by atoms with Gasteiger partial charge in [-0.05, 0) is 45.4 Å². The summed E-state index contributed by atoms with van der Waals surface area (Å²) in [6.45, 7) is 7.57. The molecule has 0 bridgehead atoms. The number of carbonyl (C=O) groups is 1. The van der Waals surface area contributed by atoms with Crippen LogP contribution < -0.4 is 9.47 Å². The molecule has 0 aliphatic rings. The van der Waals surface area contributed by atoms with E-state index in [9.17, 15) is 4.79 Å². The Hall–Kier alpha value is -3.91. The molecule has 0 saturated carbocycles. The third-order valence-corrected chi connectivity index (χ3v) is 5.54. The fourth-order valence-corrected chi connectivity index (χ4v) is 3.83. The molecule has 4 rings (SSSR count). The zero-order chi connectivity index (χ0) is 26.4. The van der Waals surface area contributed by atoms with E-state index in [4.69, 9.17) is 23.4 Å². The number of aromatic nitrogens is 2. The third-order valence-electron chi connectivity index (χ3n) is 5.54. The minimum Gasteiger partial charge on any atom is -0.497 e. The van der Waals surface area contributed by atoms with Crippen LogP contribution in [0.5, 0.6) is 11.6 Å². The van der Waals surface area contributed by atoms with Crippen molar-refractivity contribution >= 4 is 17.1 Å². The van der Waals surface area contributed by atoms with Crippen LogP contribution in [0.2, 0.25) is 0 Å². The van der Waals surface area contributed by atoms with Gasteiger partial charge in [0.05, 0.1) is 19.8 Å². The number of fused-ring (bicyclic) bond motifs is 1. The van der Waals surface area contributed by atoms with Crippen LogP contribution in [-0.2, 0) is 14.3 Å². The number of hydrogen-bond donors (Lipinski definition) is 0. The lowest BCUT2D eigenvalue weighted by atomic mass is 9.99. The van der Waals surface area contributed by atoms with Gasteiger partial charge in [0, 0.05) is 17.5 Å². The Kier molecular flexibility index (Phi) is 8.08. The SMILES string of the molecule is COc1ccc(-c2c(-c3ccccc3)oc3ncnc(OCCC(C)OCC(=O)OC(C)(C)C)c23)cc1. The molecule has 1 atom stereocenters. The predicted molar refractivity (Wildman–Crippen MR) is 141 cm³/mol. The van der Waals surface area contributed by atoms with Gasteiger partial charge in [-0.15, -0.1) is 0 Å². The molecular formula is C29H32N2O6. The van der Waals surface area contributed by atoms with E-state index in [2.05, 4.69) is 9.97 Å². The molecule has 0 saturated heterocycles. The molecule has 8 heteroatoms. The van der Waals surface area contributed by atoms with Crippen LogP contribution in [0, 0.1) is 0 Å². The highest BCUT2D eigenvalue weighted by Gasteiger charge is 2.23. The molecule has 8 nitrogen and oxygen atoms in total. The normalized spacial score (nSPS) is 12.4. The molecule has 0 aliphatic heterocycles. The molecule has 0 radical (unpaired) electrons. The summed E-state index contributed by atoms with van der Waals surface area (Å²) in [5.41, 5.74) is 2.57. The fourth-order valence-electron chi connectivity index (χ4n) is 3.83. The zero-order valence-corrected chi connectivity index (χ0v) is 21.8. The van der Waals surface area contributed by atoms with Crippen LogP contribution in [-0.4, -0.2) is 48.0 Å². The number of benzene rings is 2. The van der Waals surface area contributed by atoms with Gasteiger partial charge in [-0.3, -0.25) is 0 Å². The average Bonchev–Trinajstić information content (AvgIpc) is 3.28. The van der Waals surface area contributed by atoms with Crippen molar-refractivity contribution < 1.29 is 28.2 Å². The van der Waals surface area contributed by atoms with Crippen LogP contribution in [0.15, 0.2) is 65.3 Å². The predicted octanol–water partition coefficient (Wildman–Crippen LogP) is 6.08. The molecule has 2 aromatic carbocycles. The van der Waals surface area contributed by atoms with Gasteiger partial charge in [-0.1, -0.05) is 42.5 Å². The molecule has 0 aliphatic carbocycles. The fraction of sp³-hybridized carbons (Fsp3) is 0.345. The number of rotatable bonds is 10. The van der Waals surface area contributed by atoms with Gasteiger partial charge in [-0.2, -0.15) is 0 Å². The van der Waals surface area contributed by atoms with Crippen molar-refractivity contribution in [3.63, 3.8) is 0 Å². The van der Waals surface area contributed by atoms with Gasteiger partial charge < -0.3 is 23.4 Å². The quantitative estimate of drug-likeness (QED) is 0.240. The Morgan fingerprint density at radius 1 is 1.00 bits per heavy atom. The van der Waals surface area contributed by atoms with E-state index in [1.54, 1.807) is 7.11 Å². The lowest BCUT2D eigenvalue weighted by Gasteiger charge is -2.20. The van der Waals surface area contributed by atoms with E-state index >= 15 is 0 Å². The van der Waals surface area contributed by atoms with Crippen LogP contribution in [0.25, 0.3) is 33.6 Å². The first kappa shape index (κ1) is 26.2. The number of esters is 1. The number of carbonyl (C=O) groups excluding carboxylic acids is 1. The topological polar surface area (TPSA) is 92.9 Å². The third kappa shape index (κ3) is 6.65. The maximum Gasteiger partial charge on any atom is 0.332 e. The highest BCUT2D eigenvalue weighted by Crippen LogP contribution is 2.43. The van der Waals surface area contributed by atoms with Crippen molar-refractivity contribution in [3.05, 3.63) is 60.9 Å². The van der Waals surface area contributed by atoms with Crippen LogP contribution in [0.1, 0.15) is 34.1 Å². The maximum atomic E-state index is 11.9. The van der Waals surface area contributed by atoms with Gasteiger partial charge in [-0.25, -0.2) is 14.8 Å². The summed E-state index contributed by atoms with van der Waals surface area (Å²) in [7, 11) is 1.63. The summed E-state index contributed by atoms with van der Waals surface area (Å²) in [4.78, 5) is 20.7. The number of hydrogen-bond acceptors (Lipinski definition) is 8. The molecular weight excluding hydrogens is 472 g/mol. The Bertz CT molecular complexity index is 1330. The number of furan rings is 1. The molecule has 2 heterocycles. The van der Waals surface area contributed by atoms with E-state index < -0.39 is 11.6 Å². The molecule has 0 fully saturated rings. The molecule has 0 amide bonds. The van der Waals surface area contributed by atoms with Crippen molar-refractivity contribution in [2.75, 3.05) is 20.3 Å². The van der Waals surface area contributed by atoms with Gasteiger partial charge >= 0.3 is 5.97 Å². The first-order valence-corrected chi connectivity index (χ1v) is 12.2. The second-order valence-corrected chi connectivity index (χ2v) is 9.60. The Morgan fingerprint density at radius 2 is 1.73 bits per heavy atom. The van der Waals surface area contributed by atoms with Crippen LogP contribution in [0.3, 0.4) is 0 Å². The summed E-state index contributed by atoms with van der Waals surface area (Å²) in [6.07, 6.45) is 1.77. The summed E-state index contributed by atoms with van der Waals surface area (Å²) in [5, 5.41) is 0.689. The lowest BCUT2D eigenvalue weighted by molar-refractivity contribution is -0.162. The lowest BCUT2D eigenvalue weighted by Crippen LogP contribution is -2.28. The van der Waals surface area contributed by atoms with Gasteiger partial charge in [0.1, 0.15) is 35.4 Å². The van der Waals surface area contributed by atoms with E-state index in [1.165, 1.54) is 6.33 Å². The van der Waals surface area contributed by atoms with Crippen molar-refractivity contribution in [3.8, 4) is 34.1 Å². The average molecular weight is 505 g/mol. The first-order chi connectivity index (χ1) is 17.7. The molecule has 0 N–H and O–H groups in total. The Morgan fingerprint density at radius 3 is 2.41 bits per heavy atom. The molecule has 0 spiro atoms. The summed E-state index contributed by atoms with van der Waals surface area (Å²) < 4.78 is 28.6. The van der Waals surface area contributed by atoms with Crippen molar-refractivity contribution in [1.29, 1.82) is 0 Å². The Labute approximate surface area is 216 Å². The van der Waals surface area contributed by atoms with E-state index in [1.807, 2.05) is 82.3 Å². The first-order valence-electron chi connectivity index (χ1n) is 12.2. The minimum absolute atomic E-state index is 0.111. The van der Waals surface area contributed by atoms with Crippen molar-refractivity contribution in [2.45, 2.75) is 45.8 Å². The Balaban J connectivity index is 1.56. The summed E-state index contributed by atoms with van der Waals surface area (Å²) in [6, 6.07) is 17.6. The molecule has 37 heavy (non-hydrogen) atoms. The van der Waals surface area contributed by atoms with Crippen molar-refractivity contribution in [1.82, 2.24) is 9.97 Å². The van der Waals surface area contributed by atoms with Gasteiger partial charge in [0.25, 0.3) is 0 Å². The second kappa shape index (κ2) is 11.4. The summed E-state index contributed by atoms with van der Waals surface area (Å²) in [5.74, 6) is 1.46. The number of methoxy groups -OCH3 is 1. The zero-order valence-electron chi connectivity index (χ0n) is 21.8. The standard InChI is InChI=1S/C29H32N2O6/c1-19(35-17-23(32)37-29(2,3)4)15-16-34-27-25-24(20-11-13-22(33-5)14-12-20)26(21-9-7-6-8-10-21)36-28(25)31-18-30-27/h6-14,18-19H,15-17H2,1-5H3. The highest BCUT2D eigenvalue weighted by atomic mass is 16.6. The number of nitrogens with zero attached hydrogens (tertiary/aromatic N) is 2. The minimum atomic E-state index is -0.546. The van der Waals surface area contributed by atoms with E-state index in [0.717, 1.165) is 22.4 Å².